The third kappa shape index (κ3) is 3.07. The molecule has 1 atom stereocenters. The van der Waals surface area contributed by atoms with Crippen molar-refractivity contribution in [3.8, 4) is 0 Å². The highest BCUT2D eigenvalue weighted by Crippen LogP contribution is 2.33. The van der Waals surface area contributed by atoms with Gasteiger partial charge in [-0.3, -0.25) is 0 Å². The topological polar surface area (TPSA) is 26.0 Å². The molecule has 0 bridgehead atoms. The van der Waals surface area contributed by atoms with E-state index in [0.29, 0.717) is 0 Å². The Balaban J connectivity index is 0.000000531. The van der Waals surface area contributed by atoms with E-state index in [4.69, 9.17) is 5.73 Å². The summed E-state index contributed by atoms with van der Waals surface area (Å²) in [5.41, 5.74) is 8.72. The molecule has 1 nitrogen and oxygen atoms in total. The first kappa shape index (κ1) is 12.3. The van der Waals surface area contributed by atoms with Crippen LogP contribution in [0.25, 0.3) is 0 Å². The Hall–Kier alpha value is -0.820. The molecule has 0 amide bonds. The summed E-state index contributed by atoms with van der Waals surface area (Å²) in [5, 5.41) is 0. The molecule has 1 aromatic rings. The van der Waals surface area contributed by atoms with E-state index in [1.807, 2.05) is 13.8 Å². The summed E-state index contributed by atoms with van der Waals surface area (Å²) in [7, 11) is 0. The van der Waals surface area contributed by atoms with Crippen molar-refractivity contribution < 1.29 is 0 Å². The van der Waals surface area contributed by atoms with Crippen LogP contribution >= 0.6 is 0 Å². The first-order valence-electron chi connectivity index (χ1n) is 6.19. The lowest BCUT2D eigenvalue weighted by Gasteiger charge is -2.24. The van der Waals surface area contributed by atoms with Gasteiger partial charge in [-0.25, -0.2) is 0 Å². The van der Waals surface area contributed by atoms with E-state index in [2.05, 4.69) is 24.3 Å². The van der Waals surface area contributed by atoms with E-state index in [-0.39, 0.29) is 0 Å². The number of fused-ring (bicyclic) bond motifs is 1. The molecule has 15 heavy (non-hydrogen) atoms. The summed E-state index contributed by atoms with van der Waals surface area (Å²) in [6.07, 6.45) is 5.07. The molecule has 0 radical (unpaired) electrons. The smallest absolute Gasteiger partial charge is 0.00714 e. The van der Waals surface area contributed by atoms with Crippen LogP contribution in [0.4, 0.5) is 0 Å². The van der Waals surface area contributed by atoms with Crippen LogP contribution in [0.3, 0.4) is 0 Å². The first-order valence-corrected chi connectivity index (χ1v) is 6.19. The molecule has 1 aliphatic carbocycles. The van der Waals surface area contributed by atoms with E-state index in [0.717, 1.165) is 18.9 Å². The third-order valence-electron chi connectivity index (χ3n) is 3.01. The molecule has 2 rings (SSSR count). The van der Waals surface area contributed by atoms with Crippen LogP contribution in [0, 0.1) is 0 Å². The fourth-order valence-corrected chi connectivity index (χ4v) is 2.36. The van der Waals surface area contributed by atoms with Gasteiger partial charge in [0.2, 0.25) is 0 Å². The fourth-order valence-electron chi connectivity index (χ4n) is 2.36. The third-order valence-corrected chi connectivity index (χ3v) is 3.01. The number of hydrogen-bond donors (Lipinski definition) is 1. The Bertz CT molecular complexity index is 280. The monoisotopic (exact) mass is 205 g/mol. The molecule has 0 aliphatic heterocycles. The van der Waals surface area contributed by atoms with Gasteiger partial charge in [-0.1, -0.05) is 38.1 Å². The second kappa shape index (κ2) is 6.62. The average molecular weight is 205 g/mol. The quantitative estimate of drug-likeness (QED) is 0.786. The van der Waals surface area contributed by atoms with Gasteiger partial charge < -0.3 is 5.73 Å². The van der Waals surface area contributed by atoms with Crippen LogP contribution in [0.15, 0.2) is 24.3 Å². The molecule has 84 valence electrons. The highest BCUT2D eigenvalue weighted by Gasteiger charge is 2.18. The van der Waals surface area contributed by atoms with E-state index < -0.39 is 0 Å². The SMILES string of the molecule is CC.NCCC1CCCc2ccccc21. The van der Waals surface area contributed by atoms with Gasteiger partial charge in [-0.15, -0.1) is 0 Å². The molecule has 0 saturated heterocycles. The molecule has 1 heteroatoms. The minimum absolute atomic E-state index is 0.731. The van der Waals surface area contributed by atoms with Crippen LogP contribution in [0.5, 0.6) is 0 Å². The molecule has 0 aromatic heterocycles. The second-order valence-electron chi connectivity index (χ2n) is 3.87. The van der Waals surface area contributed by atoms with Gasteiger partial charge in [0.1, 0.15) is 0 Å². The number of aryl methyl sites for hydroxylation is 1. The van der Waals surface area contributed by atoms with Crippen molar-refractivity contribution >= 4 is 0 Å². The Kier molecular flexibility index (Phi) is 5.41. The Morgan fingerprint density at radius 3 is 2.73 bits per heavy atom. The summed E-state index contributed by atoms with van der Waals surface area (Å²) >= 11 is 0. The zero-order valence-corrected chi connectivity index (χ0v) is 10.00. The molecule has 0 fully saturated rings. The molecule has 1 unspecified atom stereocenters. The van der Waals surface area contributed by atoms with Gasteiger partial charge in [-0.2, -0.15) is 0 Å². The highest BCUT2D eigenvalue weighted by molar-refractivity contribution is 5.32. The second-order valence-corrected chi connectivity index (χ2v) is 3.87. The van der Waals surface area contributed by atoms with Crippen LogP contribution in [0.1, 0.15) is 50.2 Å². The largest absolute Gasteiger partial charge is 0.330 e. The summed E-state index contributed by atoms with van der Waals surface area (Å²) in [5.74, 6) is 0.731. The van der Waals surface area contributed by atoms with Crippen molar-refractivity contribution in [2.75, 3.05) is 6.54 Å². The summed E-state index contributed by atoms with van der Waals surface area (Å²) in [6, 6.07) is 8.82. The van der Waals surface area contributed by atoms with Gasteiger partial charge in [-0.05, 0) is 49.3 Å². The van der Waals surface area contributed by atoms with Gasteiger partial charge in [0, 0.05) is 0 Å². The molecular weight excluding hydrogens is 182 g/mol. The van der Waals surface area contributed by atoms with Crippen LogP contribution < -0.4 is 5.73 Å². The van der Waals surface area contributed by atoms with Crippen LogP contribution in [-0.2, 0) is 6.42 Å². The van der Waals surface area contributed by atoms with Crippen LogP contribution in [0.2, 0.25) is 0 Å². The predicted octanol–water partition coefficient (Wildman–Crippen LogP) is 3.48. The average Bonchev–Trinajstić information content (AvgIpc) is 2.33. The zero-order valence-electron chi connectivity index (χ0n) is 10.00. The summed E-state index contributed by atoms with van der Waals surface area (Å²) in [6.45, 7) is 4.82. The minimum Gasteiger partial charge on any atom is -0.330 e. The molecular formula is C14H23N. The number of benzene rings is 1. The molecule has 2 N–H and O–H groups in total. The maximum absolute atomic E-state index is 5.62. The summed E-state index contributed by atoms with van der Waals surface area (Å²) < 4.78 is 0. The fraction of sp³-hybridized carbons (Fsp3) is 0.571. The number of rotatable bonds is 2. The van der Waals surface area contributed by atoms with Gasteiger partial charge in [0.05, 0.1) is 0 Å². The lowest BCUT2D eigenvalue weighted by molar-refractivity contribution is 0.526. The van der Waals surface area contributed by atoms with E-state index >= 15 is 0 Å². The van der Waals surface area contributed by atoms with Gasteiger partial charge in [0.15, 0.2) is 0 Å². The van der Waals surface area contributed by atoms with Crippen molar-refractivity contribution in [3.63, 3.8) is 0 Å². The van der Waals surface area contributed by atoms with E-state index in [9.17, 15) is 0 Å². The molecule has 1 aliphatic rings. The van der Waals surface area contributed by atoms with Gasteiger partial charge >= 0.3 is 0 Å². The van der Waals surface area contributed by atoms with Crippen molar-refractivity contribution in [3.05, 3.63) is 35.4 Å². The lowest BCUT2D eigenvalue weighted by atomic mass is 9.81. The Morgan fingerprint density at radius 2 is 2.00 bits per heavy atom. The highest BCUT2D eigenvalue weighted by atomic mass is 14.5. The Morgan fingerprint density at radius 1 is 1.27 bits per heavy atom. The Labute approximate surface area is 93.7 Å². The first-order chi connectivity index (χ1) is 7.42. The summed E-state index contributed by atoms with van der Waals surface area (Å²) in [4.78, 5) is 0. The number of nitrogens with two attached hydrogens (primary N) is 1. The molecule has 0 heterocycles. The van der Waals surface area contributed by atoms with Gasteiger partial charge in [0.25, 0.3) is 0 Å². The van der Waals surface area contributed by atoms with Crippen LogP contribution in [-0.4, -0.2) is 6.54 Å². The molecule has 0 saturated carbocycles. The standard InChI is InChI=1S/C12H17N.C2H6/c13-9-8-11-6-3-5-10-4-1-2-7-12(10)11;1-2/h1-2,4,7,11H,3,5-6,8-9,13H2;1-2H3. The lowest BCUT2D eigenvalue weighted by Crippen LogP contribution is -2.13. The normalized spacial score (nSPS) is 18.7. The predicted molar refractivity (Wildman–Crippen MR) is 67.1 cm³/mol. The van der Waals surface area contributed by atoms with Crippen molar-refractivity contribution in [2.45, 2.75) is 45.4 Å². The maximum atomic E-state index is 5.62. The number of hydrogen-bond acceptors (Lipinski definition) is 1. The van der Waals surface area contributed by atoms with Crippen molar-refractivity contribution in [1.82, 2.24) is 0 Å². The molecule has 1 aromatic carbocycles. The van der Waals surface area contributed by atoms with Crippen molar-refractivity contribution in [1.29, 1.82) is 0 Å². The maximum Gasteiger partial charge on any atom is -0.00714 e. The van der Waals surface area contributed by atoms with Crippen molar-refractivity contribution in [2.24, 2.45) is 5.73 Å². The minimum atomic E-state index is 0.731. The van der Waals surface area contributed by atoms with E-state index in [1.165, 1.54) is 19.3 Å². The van der Waals surface area contributed by atoms with E-state index in [1.54, 1.807) is 11.1 Å². The zero-order chi connectivity index (χ0) is 11.1. The molecule has 0 spiro atoms.